The van der Waals surface area contributed by atoms with E-state index in [4.69, 9.17) is 0 Å². The van der Waals surface area contributed by atoms with Crippen molar-refractivity contribution in [3.8, 4) is 5.69 Å². The van der Waals surface area contributed by atoms with Gasteiger partial charge in [-0.1, -0.05) is 0 Å². The Labute approximate surface area is 126 Å². The van der Waals surface area contributed by atoms with Crippen molar-refractivity contribution in [1.82, 2.24) is 19.2 Å². The summed E-state index contributed by atoms with van der Waals surface area (Å²) in [4.78, 5) is 38.4. The average molecular weight is 300 g/mol. The van der Waals surface area contributed by atoms with Crippen LogP contribution in [0.1, 0.15) is 27.3 Å². The van der Waals surface area contributed by atoms with Crippen molar-refractivity contribution in [3.05, 3.63) is 55.4 Å². The third-order valence-electron chi connectivity index (χ3n) is 4.01. The van der Waals surface area contributed by atoms with Crippen molar-refractivity contribution >= 4 is 5.91 Å². The summed E-state index contributed by atoms with van der Waals surface area (Å²) in [6.07, 6.45) is 0. The van der Waals surface area contributed by atoms with E-state index >= 15 is 0 Å². The minimum absolute atomic E-state index is 0.162. The molecule has 0 aliphatic carbocycles. The lowest BCUT2D eigenvalue weighted by molar-refractivity contribution is 0.0785. The van der Waals surface area contributed by atoms with Crippen LogP contribution in [0.25, 0.3) is 5.69 Å². The van der Waals surface area contributed by atoms with Gasteiger partial charge in [-0.2, -0.15) is 5.10 Å². The molecule has 1 aromatic carbocycles. The molecule has 7 heteroatoms. The van der Waals surface area contributed by atoms with Gasteiger partial charge in [-0.25, -0.2) is 4.68 Å². The first-order valence-electron chi connectivity index (χ1n) is 6.87. The molecule has 0 radical (unpaired) electrons. The minimum Gasteiger partial charge on any atom is -0.334 e. The lowest BCUT2D eigenvalue weighted by Crippen LogP contribution is -2.43. The molecule has 22 heavy (non-hydrogen) atoms. The molecule has 0 saturated carbocycles. The van der Waals surface area contributed by atoms with Crippen molar-refractivity contribution in [1.29, 1.82) is 0 Å². The molecule has 0 fully saturated rings. The predicted octanol–water partition coefficient (Wildman–Crippen LogP) is 0.134. The lowest BCUT2D eigenvalue weighted by Gasteiger charge is -2.14. The van der Waals surface area contributed by atoms with Gasteiger partial charge in [0.05, 0.1) is 17.8 Å². The number of carbonyl (C=O) groups excluding carboxylic acids is 1. The molecule has 114 valence electrons. The van der Waals surface area contributed by atoms with E-state index in [-0.39, 0.29) is 12.5 Å². The first kappa shape index (κ1) is 14.2. The fourth-order valence-electron chi connectivity index (χ4n) is 2.61. The standard InChI is InChI=1S/C15H16N4O3/c1-8-5-10-11(6-9(8)2)19-12(7-17(3)13(10)20)16-18(4)14(21)15(19)22/h5-6H,7H2,1-4H3. The topological polar surface area (TPSA) is 77.2 Å². The Balaban J connectivity index is 2.50. The van der Waals surface area contributed by atoms with Crippen LogP contribution in [0, 0.1) is 13.8 Å². The van der Waals surface area contributed by atoms with Crippen LogP contribution in [0.2, 0.25) is 0 Å². The van der Waals surface area contributed by atoms with E-state index in [9.17, 15) is 14.4 Å². The Morgan fingerprint density at radius 2 is 1.64 bits per heavy atom. The number of aromatic nitrogens is 3. The van der Waals surface area contributed by atoms with Gasteiger partial charge < -0.3 is 4.90 Å². The van der Waals surface area contributed by atoms with E-state index in [1.807, 2.05) is 13.8 Å². The predicted molar refractivity (Wildman–Crippen MR) is 80.3 cm³/mol. The van der Waals surface area contributed by atoms with Crippen molar-refractivity contribution in [2.75, 3.05) is 7.05 Å². The number of fused-ring (bicyclic) bond motifs is 3. The maximum atomic E-state index is 12.5. The highest BCUT2D eigenvalue weighted by Gasteiger charge is 2.27. The molecule has 2 aromatic rings. The molecule has 0 unspecified atom stereocenters. The van der Waals surface area contributed by atoms with Crippen molar-refractivity contribution in [2.24, 2.45) is 7.05 Å². The summed E-state index contributed by atoms with van der Waals surface area (Å²) >= 11 is 0. The minimum atomic E-state index is -0.718. The SMILES string of the molecule is Cc1cc2c(cc1C)-n1c(nn(C)c(=O)c1=O)CN(C)C2=O. The molecule has 1 amide bonds. The molecule has 3 rings (SSSR count). The number of benzene rings is 1. The van der Waals surface area contributed by atoms with Crippen LogP contribution < -0.4 is 11.1 Å². The van der Waals surface area contributed by atoms with E-state index in [1.54, 1.807) is 19.2 Å². The molecule has 7 nitrogen and oxygen atoms in total. The van der Waals surface area contributed by atoms with Gasteiger partial charge >= 0.3 is 11.1 Å². The molecule has 1 aliphatic rings. The number of rotatable bonds is 0. The summed E-state index contributed by atoms with van der Waals surface area (Å²) in [5.74, 6) is 0.169. The highest BCUT2D eigenvalue weighted by molar-refractivity contribution is 5.98. The molecular formula is C15H16N4O3. The highest BCUT2D eigenvalue weighted by atomic mass is 16.2. The first-order valence-corrected chi connectivity index (χ1v) is 6.87. The second-order valence-electron chi connectivity index (χ2n) is 5.60. The van der Waals surface area contributed by atoms with Crippen LogP contribution in [-0.4, -0.2) is 32.2 Å². The summed E-state index contributed by atoms with van der Waals surface area (Å²) < 4.78 is 2.27. The van der Waals surface area contributed by atoms with E-state index in [0.717, 1.165) is 15.8 Å². The van der Waals surface area contributed by atoms with Crippen LogP contribution in [0.5, 0.6) is 0 Å². The number of hydrogen-bond acceptors (Lipinski definition) is 4. The van der Waals surface area contributed by atoms with Gasteiger partial charge in [0, 0.05) is 14.1 Å². The van der Waals surface area contributed by atoms with Crippen LogP contribution in [0.15, 0.2) is 21.7 Å². The Morgan fingerprint density at radius 3 is 2.32 bits per heavy atom. The Kier molecular flexibility index (Phi) is 3.01. The highest BCUT2D eigenvalue weighted by Crippen LogP contribution is 2.24. The molecule has 1 aliphatic heterocycles. The molecule has 0 atom stereocenters. The summed E-state index contributed by atoms with van der Waals surface area (Å²) in [5, 5.41) is 4.14. The van der Waals surface area contributed by atoms with Crippen LogP contribution in [-0.2, 0) is 13.6 Å². The van der Waals surface area contributed by atoms with E-state index in [1.165, 1.54) is 16.5 Å². The third kappa shape index (κ3) is 1.89. The second kappa shape index (κ2) is 4.66. The first-order chi connectivity index (χ1) is 10.3. The van der Waals surface area contributed by atoms with Crippen LogP contribution >= 0.6 is 0 Å². The number of amides is 1. The maximum Gasteiger partial charge on any atom is 0.332 e. The normalized spacial score (nSPS) is 13.6. The van der Waals surface area contributed by atoms with Crippen LogP contribution in [0.4, 0.5) is 0 Å². The quantitative estimate of drug-likeness (QED) is 0.648. The van der Waals surface area contributed by atoms with Crippen LogP contribution in [0.3, 0.4) is 0 Å². The second-order valence-corrected chi connectivity index (χ2v) is 5.60. The summed E-state index contributed by atoms with van der Waals surface area (Å²) in [6.45, 7) is 3.96. The van der Waals surface area contributed by atoms with E-state index in [0.29, 0.717) is 17.1 Å². The van der Waals surface area contributed by atoms with Crippen molar-refractivity contribution < 1.29 is 4.79 Å². The average Bonchev–Trinajstić information content (AvgIpc) is 2.55. The summed E-state index contributed by atoms with van der Waals surface area (Å²) in [5.41, 5.74) is 1.30. The molecular weight excluding hydrogens is 284 g/mol. The monoisotopic (exact) mass is 300 g/mol. The van der Waals surface area contributed by atoms with Gasteiger partial charge in [-0.05, 0) is 37.1 Å². The zero-order chi connectivity index (χ0) is 16.2. The van der Waals surface area contributed by atoms with Gasteiger partial charge in [0.2, 0.25) is 0 Å². The Hall–Kier alpha value is -2.70. The zero-order valence-corrected chi connectivity index (χ0v) is 12.9. The Morgan fingerprint density at radius 1 is 1.00 bits per heavy atom. The number of nitrogens with zero attached hydrogens (tertiary/aromatic N) is 4. The largest absolute Gasteiger partial charge is 0.334 e. The van der Waals surface area contributed by atoms with E-state index < -0.39 is 11.1 Å². The smallest absolute Gasteiger partial charge is 0.332 e. The third-order valence-corrected chi connectivity index (χ3v) is 4.01. The zero-order valence-electron chi connectivity index (χ0n) is 12.9. The molecule has 0 N–H and O–H groups in total. The van der Waals surface area contributed by atoms with Gasteiger partial charge in [0.1, 0.15) is 0 Å². The number of hydrogen-bond donors (Lipinski definition) is 0. The van der Waals surface area contributed by atoms with Crippen molar-refractivity contribution in [3.63, 3.8) is 0 Å². The Bertz CT molecular complexity index is 924. The lowest BCUT2D eigenvalue weighted by atomic mass is 10.0. The van der Waals surface area contributed by atoms with E-state index in [2.05, 4.69) is 5.10 Å². The van der Waals surface area contributed by atoms with Gasteiger partial charge in [0.15, 0.2) is 5.82 Å². The van der Waals surface area contributed by atoms with Gasteiger partial charge in [-0.15, -0.1) is 0 Å². The number of aryl methyl sites for hydroxylation is 3. The molecule has 2 heterocycles. The van der Waals surface area contributed by atoms with Crippen molar-refractivity contribution in [2.45, 2.75) is 20.4 Å². The summed E-state index contributed by atoms with van der Waals surface area (Å²) in [6, 6.07) is 3.51. The molecule has 0 bridgehead atoms. The van der Waals surface area contributed by atoms with Gasteiger partial charge in [0.25, 0.3) is 5.91 Å². The number of carbonyl (C=O) groups is 1. The van der Waals surface area contributed by atoms with Gasteiger partial charge in [-0.3, -0.25) is 19.0 Å². The molecule has 1 aromatic heterocycles. The fourth-order valence-corrected chi connectivity index (χ4v) is 2.61. The fraction of sp³-hybridized carbons (Fsp3) is 0.333. The molecule has 0 spiro atoms. The molecule has 0 saturated heterocycles. The summed E-state index contributed by atoms with van der Waals surface area (Å²) in [7, 11) is 3.08. The maximum absolute atomic E-state index is 12.5.